The molecule has 1 aromatic heterocycles. The summed E-state index contributed by atoms with van der Waals surface area (Å²) < 4.78 is 5.17. The van der Waals surface area contributed by atoms with Crippen LogP contribution in [0.5, 0.6) is 5.75 Å². The van der Waals surface area contributed by atoms with Gasteiger partial charge in [-0.3, -0.25) is 47.9 Å². The van der Waals surface area contributed by atoms with Crippen LogP contribution in [0.4, 0.5) is 0 Å². The zero-order valence-corrected chi connectivity index (χ0v) is 69.3. The van der Waals surface area contributed by atoms with E-state index >= 15 is 0 Å². The second kappa shape index (κ2) is 33.5. The number of hydrazone groups is 5. The first-order valence-electron chi connectivity index (χ1n) is 41.7. The van der Waals surface area contributed by atoms with Gasteiger partial charge in [0.15, 0.2) is 23.1 Å². The van der Waals surface area contributed by atoms with E-state index in [-0.39, 0.29) is 91.2 Å². The first-order valence-corrected chi connectivity index (χ1v) is 41.7. The highest BCUT2D eigenvalue weighted by atomic mass is 16.5. The largest absolute Gasteiger partial charge is 0.497 e. The molecule has 8 aliphatic carbocycles. The van der Waals surface area contributed by atoms with Crippen molar-refractivity contribution in [3.8, 4) is 5.75 Å². The van der Waals surface area contributed by atoms with Gasteiger partial charge in [-0.05, 0) is 229 Å². The summed E-state index contributed by atoms with van der Waals surface area (Å²) >= 11 is 0. The van der Waals surface area contributed by atoms with Crippen molar-refractivity contribution in [2.24, 2.45) is 95.0 Å². The number of rotatable bonds is 21. The van der Waals surface area contributed by atoms with E-state index in [9.17, 15) is 47.9 Å². The molecule has 6 bridgehead atoms. The van der Waals surface area contributed by atoms with Gasteiger partial charge >= 0.3 is 0 Å². The molecule has 610 valence electrons. The van der Waals surface area contributed by atoms with E-state index < -0.39 is 27.1 Å². The number of ketones is 5. The maximum absolute atomic E-state index is 13.1. The van der Waals surface area contributed by atoms with Gasteiger partial charge in [-0.15, -0.1) is 0 Å². The Kier molecular flexibility index (Phi) is 23.6. The summed E-state index contributed by atoms with van der Waals surface area (Å²) in [6, 6.07) is 38.3. The number of allylic oxidation sites excluding steroid dienone is 6. The molecule has 6 fully saturated rings. The maximum Gasteiger partial charge on any atom is 0.259 e. The number of ether oxygens (including phenoxy) is 1. The lowest BCUT2D eigenvalue weighted by Gasteiger charge is -2.35. The number of carbonyl (C=O) groups is 10. The molecule has 5 aliphatic heterocycles. The Labute approximate surface area is 685 Å². The molecule has 14 atom stereocenters. The number of amides is 5. The zero-order valence-electron chi connectivity index (χ0n) is 69.3. The van der Waals surface area contributed by atoms with Crippen LogP contribution in [0.1, 0.15) is 201 Å². The van der Waals surface area contributed by atoms with E-state index in [1.54, 1.807) is 61.8 Å². The average Bonchev–Trinajstić information content (AvgIpc) is 1.40. The van der Waals surface area contributed by atoms with Crippen molar-refractivity contribution in [3.05, 3.63) is 209 Å². The molecule has 22 heteroatoms. The molecule has 4 aromatic carbocycles. The number of Topliss-reactive ketones (excluding diaryl/α,β-unsaturated/α-hetero) is 5. The van der Waals surface area contributed by atoms with Crippen LogP contribution in [0.15, 0.2) is 207 Å². The van der Waals surface area contributed by atoms with E-state index in [0.717, 1.165) is 82.2 Å². The normalized spacial score (nSPS) is 30.4. The van der Waals surface area contributed by atoms with Crippen LogP contribution in [0, 0.1) is 69.5 Å². The highest BCUT2D eigenvalue weighted by Crippen LogP contribution is 2.60. The smallest absolute Gasteiger partial charge is 0.259 e. The van der Waals surface area contributed by atoms with Gasteiger partial charge in [0, 0.05) is 28.5 Å². The lowest BCUT2D eigenvalue weighted by molar-refractivity contribution is -0.141. The summed E-state index contributed by atoms with van der Waals surface area (Å²) in [6.07, 6.45) is 29.4. The van der Waals surface area contributed by atoms with Crippen molar-refractivity contribution in [1.29, 1.82) is 0 Å². The molecule has 1 N–H and O–H groups in total. The van der Waals surface area contributed by atoms with Gasteiger partial charge in [0.05, 0.1) is 57.6 Å². The van der Waals surface area contributed by atoms with E-state index in [1.807, 2.05) is 171 Å². The van der Waals surface area contributed by atoms with Gasteiger partial charge < -0.3 is 9.72 Å². The number of aromatic amines is 1. The third kappa shape index (κ3) is 15.6. The minimum absolute atomic E-state index is 0.00690. The molecule has 0 spiro atoms. The molecule has 18 rings (SSSR count). The number of carbonyl (C=O) groups excluding carboxylic acids is 10. The second-order valence-corrected chi connectivity index (χ2v) is 35.1. The number of aromatic nitrogens is 1. The molecule has 5 aromatic rings. The molecular formula is C95H109N11O11. The average molecular weight is 1580 g/mol. The van der Waals surface area contributed by atoms with Gasteiger partial charge in [-0.25, -0.2) is 25.0 Å². The first kappa shape index (κ1) is 82.5. The van der Waals surface area contributed by atoms with E-state index in [4.69, 9.17) is 4.74 Å². The van der Waals surface area contributed by atoms with Crippen LogP contribution < -0.4 is 4.74 Å². The summed E-state index contributed by atoms with van der Waals surface area (Å²) in [7, 11) is 1.60. The second-order valence-electron chi connectivity index (χ2n) is 35.1. The summed E-state index contributed by atoms with van der Waals surface area (Å²) in [5.41, 5.74) is 5.80. The number of methoxy groups -OCH3 is 1. The van der Waals surface area contributed by atoms with Crippen molar-refractivity contribution in [2.75, 3.05) is 39.8 Å². The van der Waals surface area contributed by atoms with Crippen LogP contribution in [0.2, 0.25) is 0 Å². The number of benzene rings is 4. The van der Waals surface area contributed by atoms with Crippen LogP contribution in [-0.2, 0) is 44.4 Å². The SMILES string of the molecule is CC1=NN(CC(=O)C2=CC=CC2)C(=O)C1(C)[C@@H]1CC2CCC1C2.CC1=NN(CC(=O)C2=CC=CC2)C(=O)[C@@]1(C)C1CC2CCC1C2.CC1=NN(CC(=O)c2ccc[nH]2)C(=O)C1(C)[C@H]1CC2CCC1C2.CC1=NN(CC(=O)c2ccccc2)C(=O)C1(C)c1ccccc1.COc1ccc(C2(C)C(=O)N(CC(=O)c3ccccc3)N=C2C)cc1. The predicted molar refractivity (Wildman–Crippen MR) is 450 cm³/mol. The Morgan fingerprint density at radius 1 is 0.385 bits per heavy atom. The van der Waals surface area contributed by atoms with E-state index in [0.29, 0.717) is 76.6 Å². The summed E-state index contributed by atoms with van der Waals surface area (Å²) in [5.74, 6) is 5.69. The Morgan fingerprint density at radius 2 is 0.718 bits per heavy atom. The van der Waals surface area contributed by atoms with E-state index in [1.165, 1.54) is 82.8 Å². The number of fused-ring (bicyclic) bond motifs is 6. The van der Waals surface area contributed by atoms with Crippen molar-refractivity contribution in [2.45, 2.75) is 170 Å². The fraction of sp³-hybridized carbons (Fsp3) is 0.463. The molecule has 13 aliphatic rings. The van der Waals surface area contributed by atoms with Crippen molar-refractivity contribution < 1.29 is 52.7 Å². The van der Waals surface area contributed by atoms with Crippen molar-refractivity contribution in [1.82, 2.24) is 30.0 Å². The number of nitrogens with zero attached hydrogens (tertiary/aromatic N) is 10. The Morgan fingerprint density at radius 3 is 1.03 bits per heavy atom. The summed E-state index contributed by atoms with van der Waals surface area (Å²) in [4.78, 5) is 130. The minimum atomic E-state index is -0.872. The lowest BCUT2D eigenvalue weighted by atomic mass is 9.66. The molecule has 11 unspecified atom stereocenters. The summed E-state index contributed by atoms with van der Waals surface area (Å²) in [5, 5.41) is 29.0. The van der Waals surface area contributed by atoms with Crippen LogP contribution in [0.25, 0.3) is 0 Å². The monoisotopic (exact) mass is 1580 g/mol. The molecular weight excluding hydrogens is 1470 g/mol. The van der Waals surface area contributed by atoms with Gasteiger partial charge in [0.25, 0.3) is 29.5 Å². The molecule has 22 nitrogen and oxygen atoms in total. The Balaban J connectivity index is 0.000000120. The maximum atomic E-state index is 13.1. The number of hydrogen-bond acceptors (Lipinski definition) is 16. The predicted octanol–water partition coefficient (Wildman–Crippen LogP) is 15.2. The topological polar surface area (TPSA) is 274 Å². The fourth-order valence-corrected chi connectivity index (χ4v) is 21.0. The molecule has 117 heavy (non-hydrogen) atoms. The van der Waals surface area contributed by atoms with Gasteiger partial charge in [-0.1, -0.05) is 159 Å². The van der Waals surface area contributed by atoms with Crippen molar-refractivity contribution >= 4 is 87.0 Å². The fourth-order valence-electron chi connectivity index (χ4n) is 21.0. The minimum Gasteiger partial charge on any atom is -0.497 e. The zero-order chi connectivity index (χ0) is 83.0. The van der Waals surface area contributed by atoms with Crippen LogP contribution in [-0.4, -0.2) is 157 Å². The van der Waals surface area contributed by atoms with Crippen molar-refractivity contribution in [3.63, 3.8) is 0 Å². The molecule has 5 amide bonds. The molecule has 6 saturated carbocycles. The number of H-pyrrole nitrogens is 1. The highest BCUT2D eigenvalue weighted by molar-refractivity contribution is 6.19. The summed E-state index contributed by atoms with van der Waals surface area (Å²) in [6.45, 7) is 19.5. The Hall–Kier alpha value is -11.0. The molecule has 0 saturated heterocycles. The third-order valence-corrected chi connectivity index (χ3v) is 28.7. The van der Waals surface area contributed by atoms with Crippen LogP contribution >= 0.6 is 0 Å². The highest BCUT2D eigenvalue weighted by Gasteiger charge is 2.61. The molecule has 6 heterocycles. The van der Waals surface area contributed by atoms with Gasteiger partial charge in [-0.2, -0.15) is 25.5 Å². The number of nitrogens with one attached hydrogen (secondary N) is 1. The Bertz CT molecular complexity index is 4930. The molecule has 0 radical (unpaired) electrons. The van der Waals surface area contributed by atoms with Crippen LogP contribution in [0.3, 0.4) is 0 Å². The number of hydrogen-bond donors (Lipinski definition) is 1. The van der Waals surface area contributed by atoms with Gasteiger partial charge in [0.2, 0.25) is 5.78 Å². The lowest BCUT2D eigenvalue weighted by Crippen LogP contribution is -2.45. The van der Waals surface area contributed by atoms with E-state index in [2.05, 4.69) is 44.3 Å². The first-order chi connectivity index (χ1) is 56.0. The van der Waals surface area contributed by atoms with Gasteiger partial charge in [0.1, 0.15) is 49.3 Å². The standard InChI is InChI=1S/C20H20N2O3.2C19H24N2O2.C19H18N2O2.C18H23N3O2/c1-14-20(2,16-9-11-17(25-3)12-10-16)19(24)22(21-14)13-18(23)15-7-5-4-6-8-15;2*1-12-19(2,16-10-13-7-8-15(16)9-13)18(23)21(20-12)11-17(22)14-5-3-4-6-14;1-14-19(2,16-11-7-4-8-12-16)18(23)21(20-14)13-17(22)15-9-5-3-6-10-15;1-11-18(2,14-9-12-5-6-13(14)8-12)17(23)21(20-11)10-16(22)15-4-3-7-19-15/h4-12H,13H2,1-3H3;2*3-5,13,15-16H,6-11H2,1-2H3;3-12H,13H2,1-2H3;3-4,7,12-14,19H,5-6,8-10H2,1-2H3/t;13?,15?,16?,19-;13?,15?,16-,19?;;12?,13?,14-,18?/m.11.0/s1. The third-order valence-electron chi connectivity index (χ3n) is 28.7. The quantitative estimate of drug-likeness (QED) is 0.0674.